The minimum Gasteiger partial charge on any atom is -0.330 e. The number of unbranched alkanes of at least 4 members (excludes halogenated alkanes) is 13. The molecule has 0 amide bonds. The third-order valence-electron chi connectivity index (χ3n) is 3.83. The van der Waals surface area contributed by atoms with E-state index < -0.39 is 8.25 Å². The highest BCUT2D eigenvalue weighted by Gasteiger charge is 1.93. The number of hydrogen-bond donors (Lipinski definition) is 2. The SMILES string of the molecule is CCCCCCCCCCCCCCCCN.CCO[PH](=O)O. The van der Waals surface area contributed by atoms with Crippen LogP contribution in [0.4, 0.5) is 0 Å². The fraction of sp³-hybridized carbons (Fsp3) is 1.00. The molecule has 1 atom stereocenters. The Labute approximate surface area is 145 Å². The summed E-state index contributed by atoms with van der Waals surface area (Å²) >= 11 is 0. The molecule has 0 rings (SSSR count). The van der Waals surface area contributed by atoms with E-state index in [0.29, 0.717) is 6.61 Å². The fourth-order valence-corrected chi connectivity index (χ4v) is 2.71. The van der Waals surface area contributed by atoms with Crippen LogP contribution in [0.2, 0.25) is 0 Å². The molecule has 0 radical (unpaired) electrons. The van der Waals surface area contributed by atoms with Gasteiger partial charge in [0.1, 0.15) is 0 Å². The third-order valence-corrected chi connectivity index (χ3v) is 4.36. The van der Waals surface area contributed by atoms with Crippen LogP contribution in [-0.4, -0.2) is 18.0 Å². The van der Waals surface area contributed by atoms with Gasteiger partial charge in [0.2, 0.25) is 0 Å². The van der Waals surface area contributed by atoms with Gasteiger partial charge in [-0.1, -0.05) is 90.4 Å². The molecule has 0 aromatic carbocycles. The van der Waals surface area contributed by atoms with E-state index >= 15 is 0 Å². The van der Waals surface area contributed by atoms with Gasteiger partial charge in [0.05, 0.1) is 6.61 Å². The normalized spacial score (nSPS) is 11.8. The van der Waals surface area contributed by atoms with Crippen LogP contribution < -0.4 is 5.73 Å². The number of nitrogens with two attached hydrogens (primary N) is 1. The van der Waals surface area contributed by atoms with Crippen molar-refractivity contribution in [1.82, 2.24) is 0 Å². The topological polar surface area (TPSA) is 72.5 Å². The van der Waals surface area contributed by atoms with Crippen LogP contribution in [0.15, 0.2) is 0 Å². The van der Waals surface area contributed by atoms with E-state index in [1.165, 1.54) is 89.9 Å². The van der Waals surface area contributed by atoms with Crippen molar-refractivity contribution in [3.63, 3.8) is 0 Å². The Morgan fingerprint density at radius 2 is 1.09 bits per heavy atom. The minimum absolute atomic E-state index is 0.314. The maximum absolute atomic E-state index is 9.56. The molecule has 0 saturated heterocycles. The van der Waals surface area contributed by atoms with E-state index in [2.05, 4.69) is 11.4 Å². The van der Waals surface area contributed by atoms with E-state index in [9.17, 15) is 4.57 Å². The lowest BCUT2D eigenvalue weighted by Crippen LogP contribution is -1.97. The van der Waals surface area contributed by atoms with Crippen molar-refractivity contribution >= 4 is 8.25 Å². The van der Waals surface area contributed by atoms with Crippen LogP contribution in [0.3, 0.4) is 0 Å². The van der Waals surface area contributed by atoms with E-state index in [0.717, 1.165) is 6.54 Å². The van der Waals surface area contributed by atoms with Crippen LogP contribution in [0.25, 0.3) is 0 Å². The molecule has 0 aliphatic heterocycles. The predicted molar refractivity (Wildman–Crippen MR) is 102 cm³/mol. The highest BCUT2D eigenvalue weighted by atomic mass is 31.1. The smallest absolute Gasteiger partial charge is 0.316 e. The molecule has 0 bridgehead atoms. The van der Waals surface area contributed by atoms with Crippen molar-refractivity contribution in [3.8, 4) is 0 Å². The Kier molecular flexibility index (Phi) is 26.9. The summed E-state index contributed by atoms with van der Waals surface area (Å²) in [4.78, 5) is 7.88. The van der Waals surface area contributed by atoms with Crippen LogP contribution in [-0.2, 0) is 9.09 Å². The summed E-state index contributed by atoms with van der Waals surface area (Å²) in [6.07, 6.45) is 19.9. The van der Waals surface area contributed by atoms with Gasteiger partial charge >= 0.3 is 8.25 Å². The van der Waals surface area contributed by atoms with Gasteiger partial charge in [0, 0.05) is 0 Å². The quantitative estimate of drug-likeness (QED) is 0.271. The van der Waals surface area contributed by atoms with Crippen molar-refractivity contribution in [2.45, 2.75) is 104 Å². The van der Waals surface area contributed by atoms with Crippen LogP contribution >= 0.6 is 8.25 Å². The van der Waals surface area contributed by atoms with Crippen LogP contribution in [0.5, 0.6) is 0 Å². The monoisotopic (exact) mass is 351 g/mol. The van der Waals surface area contributed by atoms with Crippen molar-refractivity contribution in [2.75, 3.05) is 13.2 Å². The largest absolute Gasteiger partial charge is 0.330 e. The average molecular weight is 352 g/mol. The van der Waals surface area contributed by atoms with E-state index in [4.69, 9.17) is 10.6 Å². The average Bonchev–Trinajstić information content (AvgIpc) is 2.52. The lowest BCUT2D eigenvalue weighted by Gasteiger charge is -2.02. The van der Waals surface area contributed by atoms with Gasteiger partial charge in [0.15, 0.2) is 0 Å². The summed E-state index contributed by atoms with van der Waals surface area (Å²) in [5.41, 5.74) is 5.47. The fourth-order valence-electron chi connectivity index (χ4n) is 2.46. The summed E-state index contributed by atoms with van der Waals surface area (Å²) < 4.78 is 13.7. The second-order valence-electron chi connectivity index (χ2n) is 6.08. The van der Waals surface area contributed by atoms with Crippen molar-refractivity contribution in [2.24, 2.45) is 5.73 Å². The van der Waals surface area contributed by atoms with Gasteiger partial charge in [0.25, 0.3) is 0 Å². The summed E-state index contributed by atoms with van der Waals surface area (Å²) in [6.45, 7) is 5.14. The van der Waals surface area contributed by atoms with Crippen LogP contribution in [0, 0.1) is 0 Å². The Hall–Kier alpha value is 0.110. The maximum atomic E-state index is 9.56. The zero-order valence-corrected chi connectivity index (χ0v) is 16.7. The number of hydrogen-bond acceptors (Lipinski definition) is 3. The van der Waals surface area contributed by atoms with Gasteiger partial charge in [-0.15, -0.1) is 0 Å². The summed E-state index contributed by atoms with van der Waals surface area (Å²) in [5, 5.41) is 0. The molecule has 5 heteroatoms. The highest BCUT2D eigenvalue weighted by molar-refractivity contribution is 7.32. The molecule has 23 heavy (non-hydrogen) atoms. The van der Waals surface area contributed by atoms with Gasteiger partial charge < -0.3 is 15.2 Å². The Bertz CT molecular complexity index is 214. The Balaban J connectivity index is 0. The first-order valence-electron chi connectivity index (χ1n) is 9.74. The lowest BCUT2D eigenvalue weighted by molar-refractivity contribution is 0.297. The van der Waals surface area contributed by atoms with Crippen molar-refractivity contribution in [1.29, 1.82) is 0 Å². The molecule has 0 fully saturated rings. The van der Waals surface area contributed by atoms with E-state index in [1.807, 2.05) is 0 Å². The van der Waals surface area contributed by atoms with Crippen molar-refractivity contribution in [3.05, 3.63) is 0 Å². The Morgan fingerprint density at radius 3 is 1.30 bits per heavy atom. The predicted octanol–water partition coefficient (Wildman–Crippen LogP) is 5.83. The molecular formula is C18H42NO3P. The molecular weight excluding hydrogens is 309 g/mol. The molecule has 0 heterocycles. The summed E-state index contributed by atoms with van der Waals surface area (Å²) in [7, 11) is -2.64. The second-order valence-corrected chi connectivity index (χ2v) is 6.90. The zero-order chi connectivity index (χ0) is 17.6. The lowest BCUT2D eigenvalue weighted by atomic mass is 10.0. The first kappa shape index (κ1) is 25.4. The zero-order valence-electron chi connectivity index (χ0n) is 15.7. The third kappa shape index (κ3) is 30.5. The first-order chi connectivity index (χ1) is 11.2. The Morgan fingerprint density at radius 1 is 0.739 bits per heavy atom. The molecule has 0 saturated carbocycles. The molecule has 0 aromatic heterocycles. The number of rotatable bonds is 16. The maximum Gasteiger partial charge on any atom is 0.316 e. The summed E-state index contributed by atoms with van der Waals surface area (Å²) in [6, 6.07) is 0. The van der Waals surface area contributed by atoms with Gasteiger partial charge in [-0.2, -0.15) is 0 Å². The van der Waals surface area contributed by atoms with Gasteiger partial charge in [-0.05, 0) is 19.9 Å². The van der Waals surface area contributed by atoms with E-state index in [1.54, 1.807) is 6.92 Å². The standard InChI is InChI=1S/C16H35N.C2H7O3P/c1-2-3-4-5-6-7-8-9-10-11-12-13-14-15-16-17;1-2-5-6(3)4/h2-17H2,1H3;6H,2H2,1H3,(H,3,4). The molecule has 0 aromatic rings. The molecule has 3 N–H and O–H groups in total. The van der Waals surface area contributed by atoms with Crippen LogP contribution in [0.1, 0.15) is 104 Å². The first-order valence-corrected chi connectivity index (χ1v) is 11.0. The van der Waals surface area contributed by atoms with Crippen molar-refractivity contribution < 1.29 is 14.0 Å². The molecule has 4 nitrogen and oxygen atoms in total. The summed E-state index contributed by atoms with van der Waals surface area (Å²) in [5.74, 6) is 0. The van der Waals surface area contributed by atoms with Gasteiger partial charge in [-0.3, -0.25) is 4.57 Å². The molecule has 142 valence electrons. The highest BCUT2D eigenvalue weighted by Crippen LogP contribution is 2.13. The molecule has 0 aliphatic rings. The van der Waals surface area contributed by atoms with E-state index in [-0.39, 0.29) is 0 Å². The molecule has 0 spiro atoms. The second kappa shape index (κ2) is 24.4. The molecule has 0 aliphatic carbocycles. The van der Waals surface area contributed by atoms with Gasteiger partial charge in [-0.25, -0.2) is 0 Å². The molecule has 1 unspecified atom stereocenters. The minimum atomic E-state index is -2.64.